The number of carbonyl (C=O) groups excluding carboxylic acids is 2. The summed E-state index contributed by atoms with van der Waals surface area (Å²) in [6, 6.07) is 1.31. The van der Waals surface area contributed by atoms with Crippen LogP contribution in [0, 0.1) is 0 Å². The molecule has 0 spiro atoms. The van der Waals surface area contributed by atoms with E-state index in [9.17, 15) is 9.59 Å². The van der Waals surface area contributed by atoms with Crippen molar-refractivity contribution in [2.75, 3.05) is 18.1 Å². The van der Waals surface area contributed by atoms with Gasteiger partial charge in [0.15, 0.2) is 0 Å². The molecule has 1 unspecified atom stereocenters. The predicted octanol–water partition coefficient (Wildman–Crippen LogP) is 0.223. The molecule has 1 aromatic rings. The van der Waals surface area contributed by atoms with Crippen LogP contribution < -0.4 is 11.1 Å². The maximum Gasteiger partial charge on any atom is 0.251 e. The maximum atomic E-state index is 11.8. The van der Waals surface area contributed by atoms with Crippen LogP contribution in [0.4, 0.5) is 11.4 Å². The third kappa shape index (κ3) is 2.20. The minimum absolute atomic E-state index is 0.143. The van der Waals surface area contributed by atoms with Crippen molar-refractivity contribution in [2.24, 2.45) is 0 Å². The van der Waals surface area contributed by atoms with Gasteiger partial charge in [-0.05, 0) is 12.5 Å². The minimum Gasteiger partial charge on any atom is -0.396 e. The molecule has 1 aliphatic heterocycles. The first-order valence-corrected chi connectivity index (χ1v) is 5.36. The monoisotopic (exact) mass is 234 g/mol. The molecule has 1 fully saturated rings. The summed E-state index contributed by atoms with van der Waals surface area (Å²) in [5, 5.41) is 3.04. The highest BCUT2D eigenvalue weighted by Crippen LogP contribution is 2.21. The maximum absolute atomic E-state index is 11.8. The van der Waals surface area contributed by atoms with E-state index < -0.39 is 6.04 Å². The minimum atomic E-state index is -0.401. The third-order valence-electron chi connectivity index (χ3n) is 2.83. The van der Waals surface area contributed by atoms with Crippen LogP contribution in [0.5, 0.6) is 0 Å². The summed E-state index contributed by atoms with van der Waals surface area (Å²) < 4.78 is 0. The quantitative estimate of drug-likeness (QED) is 0.715. The standard InChI is InChI=1S/C11H14N4O2/c1-15-10(16)3-2-9(11(15)17)14-8-4-5-13-6-7(8)12/h4-6,9H,2-3,12H2,1H3,(H,13,14). The highest BCUT2D eigenvalue weighted by Gasteiger charge is 2.31. The van der Waals surface area contributed by atoms with Crippen molar-refractivity contribution in [1.82, 2.24) is 9.88 Å². The summed E-state index contributed by atoms with van der Waals surface area (Å²) in [4.78, 5) is 28.2. The van der Waals surface area contributed by atoms with Crippen LogP contribution >= 0.6 is 0 Å². The first-order chi connectivity index (χ1) is 8.09. The van der Waals surface area contributed by atoms with Gasteiger partial charge in [-0.2, -0.15) is 0 Å². The molecule has 2 amide bonds. The molecule has 0 saturated carbocycles. The molecule has 0 bridgehead atoms. The second-order valence-electron chi connectivity index (χ2n) is 3.99. The number of likely N-dealkylation sites (N-methyl/N-ethyl adjacent to an activating group) is 1. The molecule has 1 aliphatic rings. The number of likely N-dealkylation sites (tertiary alicyclic amines) is 1. The van der Waals surface area contributed by atoms with Gasteiger partial charge in [0, 0.05) is 19.7 Å². The molecular formula is C11H14N4O2. The van der Waals surface area contributed by atoms with E-state index in [1.54, 1.807) is 12.3 Å². The van der Waals surface area contributed by atoms with Crippen LogP contribution in [0.25, 0.3) is 0 Å². The van der Waals surface area contributed by atoms with Crippen molar-refractivity contribution in [1.29, 1.82) is 0 Å². The van der Waals surface area contributed by atoms with Gasteiger partial charge in [0.25, 0.3) is 5.91 Å². The fourth-order valence-electron chi connectivity index (χ4n) is 1.78. The third-order valence-corrected chi connectivity index (χ3v) is 2.83. The van der Waals surface area contributed by atoms with Crippen LogP contribution in [-0.2, 0) is 9.59 Å². The highest BCUT2D eigenvalue weighted by atomic mass is 16.2. The summed E-state index contributed by atoms with van der Waals surface area (Å²) in [5.74, 6) is -0.367. The largest absolute Gasteiger partial charge is 0.396 e. The summed E-state index contributed by atoms with van der Waals surface area (Å²) in [5.41, 5.74) is 6.88. The first-order valence-electron chi connectivity index (χ1n) is 5.36. The fraction of sp³-hybridized carbons (Fsp3) is 0.364. The van der Waals surface area contributed by atoms with E-state index >= 15 is 0 Å². The zero-order valence-electron chi connectivity index (χ0n) is 9.51. The number of hydrogen-bond donors (Lipinski definition) is 2. The number of nitrogens with zero attached hydrogens (tertiary/aromatic N) is 2. The molecule has 0 aromatic carbocycles. The molecule has 2 rings (SSSR count). The normalized spacial score (nSPS) is 20.5. The van der Waals surface area contributed by atoms with E-state index in [-0.39, 0.29) is 11.8 Å². The Hall–Kier alpha value is -2.11. The van der Waals surface area contributed by atoms with E-state index in [1.165, 1.54) is 13.2 Å². The number of carbonyl (C=O) groups is 2. The molecule has 2 heterocycles. The zero-order valence-corrected chi connectivity index (χ0v) is 9.51. The average Bonchev–Trinajstić information content (AvgIpc) is 2.32. The number of rotatable bonds is 2. The Morgan fingerprint density at radius 2 is 2.29 bits per heavy atom. The van der Waals surface area contributed by atoms with Crippen LogP contribution in [0.2, 0.25) is 0 Å². The summed E-state index contributed by atoms with van der Waals surface area (Å²) in [6.45, 7) is 0. The lowest BCUT2D eigenvalue weighted by Crippen LogP contribution is -2.48. The second-order valence-corrected chi connectivity index (χ2v) is 3.99. The molecule has 17 heavy (non-hydrogen) atoms. The average molecular weight is 234 g/mol. The van der Waals surface area contributed by atoms with Gasteiger partial charge in [-0.3, -0.25) is 19.5 Å². The lowest BCUT2D eigenvalue weighted by Gasteiger charge is -2.29. The number of anilines is 2. The van der Waals surface area contributed by atoms with Gasteiger partial charge < -0.3 is 11.1 Å². The van der Waals surface area contributed by atoms with Crippen molar-refractivity contribution in [3.05, 3.63) is 18.5 Å². The molecule has 1 aromatic heterocycles. The van der Waals surface area contributed by atoms with Crippen LogP contribution in [0.3, 0.4) is 0 Å². The van der Waals surface area contributed by atoms with E-state index in [0.29, 0.717) is 24.2 Å². The molecule has 6 nitrogen and oxygen atoms in total. The van der Waals surface area contributed by atoms with Crippen molar-refractivity contribution in [3.63, 3.8) is 0 Å². The Morgan fingerprint density at radius 3 is 3.00 bits per heavy atom. The topological polar surface area (TPSA) is 88.3 Å². The molecule has 0 radical (unpaired) electrons. The van der Waals surface area contributed by atoms with Crippen molar-refractivity contribution >= 4 is 23.2 Å². The molecule has 3 N–H and O–H groups in total. The fourth-order valence-corrected chi connectivity index (χ4v) is 1.78. The van der Waals surface area contributed by atoms with Crippen molar-refractivity contribution < 1.29 is 9.59 Å². The van der Waals surface area contributed by atoms with Gasteiger partial charge in [0.05, 0.1) is 17.6 Å². The molecule has 0 aliphatic carbocycles. The SMILES string of the molecule is CN1C(=O)CCC(Nc2ccncc2N)C1=O. The van der Waals surface area contributed by atoms with Gasteiger partial charge in [0.1, 0.15) is 6.04 Å². The number of hydrogen-bond acceptors (Lipinski definition) is 5. The Kier molecular flexibility index (Phi) is 2.95. The Balaban J connectivity index is 2.12. The van der Waals surface area contributed by atoms with E-state index in [4.69, 9.17) is 5.73 Å². The van der Waals surface area contributed by atoms with Gasteiger partial charge in [-0.25, -0.2) is 0 Å². The number of imide groups is 1. The number of pyridine rings is 1. The van der Waals surface area contributed by atoms with Crippen LogP contribution in [0.1, 0.15) is 12.8 Å². The van der Waals surface area contributed by atoms with E-state index in [1.807, 2.05) is 0 Å². The number of nitrogens with one attached hydrogen (secondary N) is 1. The van der Waals surface area contributed by atoms with Crippen LogP contribution in [0.15, 0.2) is 18.5 Å². The lowest BCUT2D eigenvalue weighted by molar-refractivity contribution is -0.146. The van der Waals surface area contributed by atoms with Gasteiger partial charge in [-0.1, -0.05) is 0 Å². The Labute approximate surface area is 98.8 Å². The Morgan fingerprint density at radius 1 is 1.53 bits per heavy atom. The highest BCUT2D eigenvalue weighted by molar-refractivity contribution is 6.01. The van der Waals surface area contributed by atoms with Gasteiger partial charge in [-0.15, -0.1) is 0 Å². The molecule has 1 atom stereocenters. The van der Waals surface area contributed by atoms with Crippen molar-refractivity contribution in [2.45, 2.75) is 18.9 Å². The summed E-state index contributed by atoms with van der Waals surface area (Å²) in [6.07, 6.45) is 3.97. The number of nitrogens with two attached hydrogens (primary N) is 1. The number of nitrogen functional groups attached to an aromatic ring is 1. The number of piperidine rings is 1. The first kappa shape index (κ1) is 11.4. The van der Waals surface area contributed by atoms with E-state index in [0.717, 1.165) is 4.90 Å². The molecule has 90 valence electrons. The number of amides is 2. The van der Waals surface area contributed by atoms with Gasteiger partial charge in [0.2, 0.25) is 5.91 Å². The zero-order chi connectivity index (χ0) is 12.4. The van der Waals surface area contributed by atoms with Crippen molar-refractivity contribution in [3.8, 4) is 0 Å². The van der Waals surface area contributed by atoms with Gasteiger partial charge >= 0.3 is 0 Å². The Bertz CT molecular complexity index is 461. The van der Waals surface area contributed by atoms with E-state index in [2.05, 4.69) is 10.3 Å². The lowest BCUT2D eigenvalue weighted by atomic mass is 10.0. The summed E-state index contributed by atoms with van der Waals surface area (Å²) in [7, 11) is 1.49. The van der Waals surface area contributed by atoms with Crippen LogP contribution in [-0.4, -0.2) is 34.8 Å². The molecular weight excluding hydrogens is 220 g/mol. The second kappa shape index (κ2) is 4.40. The molecule has 1 saturated heterocycles. The predicted molar refractivity (Wildman–Crippen MR) is 63.1 cm³/mol. The molecule has 6 heteroatoms. The number of aromatic nitrogens is 1. The smallest absolute Gasteiger partial charge is 0.251 e. The summed E-state index contributed by atoms with van der Waals surface area (Å²) >= 11 is 0.